The lowest BCUT2D eigenvalue weighted by molar-refractivity contribution is -0.280. The van der Waals surface area contributed by atoms with Crippen molar-refractivity contribution in [3.05, 3.63) is 35.4 Å². The lowest BCUT2D eigenvalue weighted by Gasteiger charge is -2.24. The predicted molar refractivity (Wildman–Crippen MR) is 78.5 cm³/mol. The maximum atomic E-state index is 11.9. The number of carbonyl (C=O) groups excluding carboxylic acids is 1. The van der Waals surface area contributed by atoms with Gasteiger partial charge in [-0.15, -0.1) is 0 Å². The van der Waals surface area contributed by atoms with Gasteiger partial charge in [0.05, 0.1) is 5.56 Å². The fourth-order valence-corrected chi connectivity index (χ4v) is 2.49. The summed E-state index contributed by atoms with van der Waals surface area (Å²) in [5.41, 5.74) is 1.75. The number of hydrogen-bond donors (Lipinski definition) is 0. The van der Waals surface area contributed by atoms with Crippen LogP contribution in [-0.2, 0) is 9.78 Å². The van der Waals surface area contributed by atoms with Crippen LogP contribution in [0.15, 0.2) is 24.3 Å². The van der Waals surface area contributed by atoms with E-state index in [1.807, 2.05) is 12.1 Å². The molecule has 0 amide bonds. The standard InChI is InChI=1S/C17H24O3/c1-12(2)14-6-8-15(9-7-14)17(18)20-19-16-10-4-13(3)5-11-16/h6-9,12-13,16H,4-5,10-11H2,1-3H3. The Morgan fingerprint density at radius 3 is 2.25 bits per heavy atom. The van der Waals surface area contributed by atoms with Crippen molar-refractivity contribution in [1.29, 1.82) is 0 Å². The molecule has 0 aromatic heterocycles. The van der Waals surface area contributed by atoms with Crippen LogP contribution in [0.25, 0.3) is 0 Å². The highest BCUT2D eigenvalue weighted by molar-refractivity contribution is 5.88. The number of benzene rings is 1. The van der Waals surface area contributed by atoms with E-state index in [9.17, 15) is 4.79 Å². The van der Waals surface area contributed by atoms with Gasteiger partial charge in [-0.3, -0.25) is 4.89 Å². The fraction of sp³-hybridized carbons (Fsp3) is 0.588. The molecule has 0 heterocycles. The lowest BCUT2D eigenvalue weighted by atomic mass is 9.89. The van der Waals surface area contributed by atoms with Crippen LogP contribution in [0, 0.1) is 5.92 Å². The first-order valence-electron chi connectivity index (χ1n) is 7.54. The first-order valence-corrected chi connectivity index (χ1v) is 7.54. The van der Waals surface area contributed by atoms with E-state index >= 15 is 0 Å². The van der Waals surface area contributed by atoms with Crippen molar-refractivity contribution in [2.45, 2.75) is 58.5 Å². The summed E-state index contributed by atoms with van der Waals surface area (Å²) < 4.78 is 0. The SMILES string of the molecule is CC1CCC(OOC(=O)c2ccc(C(C)C)cc2)CC1. The van der Waals surface area contributed by atoms with Crippen LogP contribution >= 0.6 is 0 Å². The molecule has 0 atom stereocenters. The van der Waals surface area contributed by atoms with Crippen LogP contribution < -0.4 is 0 Å². The summed E-state index contributed by atoms with van der Waals surface area (Å²) in [5.74, 6) is 0.814. The van der Waals surface area contributed by atoms with Gasteiger partial charge in [-0.2, -0.15) is 4.89 Å². The van der Waals surface area contributed by atoms with E-state index in [0.717, 1.165) is 31.6 Å². The average molecular weight is 276 g/mol. The summed E-state index contributed by atoms with van der Waals surface area (Å²) in [4.78, 5) is 22.1. The maximum absolute atomic E-state index is 11.9. The molecule has 110 valence electrons. The number of hydrogen-bond acceptors (Lipinski definition) is 3. The van der Waals surface area contributed by atoms with E-state index in [0.29, 0.717) is 11.5 Å². The van der Waals surface area contributed by atoms with Crippen LogP contribution in [0.2, 0.25) is 0 Å². The van der Waals surface area contributed by atoms with Gasteiger partial charge in [0, 0.05) is 0 Å². The molecule has 1 fully saturated rings. The van der Waals surface area contributed by atoms with Gasteiger partial charge in [-0.1, -0.05) is 32.9 Å². The van der Waals surface area contributed by atoms with Crippen molar-refractivity contribution in [2.75, 3.05) is 0 Å². The molecule has 3 heteroatoms. The van der Waals surface area contributed by atoms with Gasteiger partial charge in [-0.05, 0) is 55.2 Å². The molecule has 20 heavy (non-hydrogen) atoms. The first-order chi connectivity index (χ1) is 9.56. The van der Waals surface area contributed by atoms with Crippen molar-refractivity contribution in [2.24, 2.45) is 5.92 Å². The van der Waals surface area contributed by atoms with Crippen LogP contribution in [0.3, 0.4) is 0 Å². The van der Waals surface area contributed by atoms with Gasteiger partial charge in [0.2, 0.25) is 0 Å². The van der Waals surface area contributed by atoms with Gasteiger partial charge in [0.1, 0.15) is 6.10 Å². The molecular weight excluding hydrogens is 252 g/mol. The minimum Gasteiger partial charge on any atom is -0.293 e. The summed E-state index contributed by atoms with van der Waals surface area (Å²) in [7, 11) is 0. The van der Waals surface area contributed by atoms with Crippen molar-refractivity contribution in [1.82, 2.24) is 0 Å². The molecule has 1 aromatic rings. The predicted octanol–water partition coefficient (Wildman–Crippen LogP) is 4.48. The Balaban J connectivity index is 1.82. The van der Waals surface area contributed by atoms with E-state index in [4.69, 9.17) is 9.78 Å². The molecule has 1 aromatic carbocycles. The third-order valence-electron chi connectivity index (χ3n) is 4.04. The van der Waals surface area contributed by atoms with Gasteiger partial charge in [0.15, 0.2) is 0 Å². The van der Waals surface area contributed by atoms with E-state index in [1.165, 1.54) is 5.56 Å². The van der Waals surface area contributed by atoms with Crippen molar-refractivity contribution >= 4 is 5.97 Å². The Bertz CT molecular complexity index is 428. The molecule has 0 aliphatic heterocycles. The zero-order valence-electron chi connectivity index (χ0n) is 12.6. The second-order valence-corrected chi connectivity index (χ2v) is 6.13. The second-order valence-electron chi connectivity index (χ2n) is 6.13. The van der Waals surface area contributed by atoms with Gasteiger partial charge >= 0.3 is 5.97 Å². The summed E-state index contributed by atoms with van der Waals surface area (Å²) in [5, 5.41) is 0. The third kappa shape index (κ3) is 4.07. The van der Waals surface area contributed by atoms with E-state index in [2.05, 4.69) is 20.8 Å². The molecule has 0 radical (unpaired) electrons. The molecule has 0 saturated heterocycles. The number of carbonyl (C=O) groups is 1. The molecule has 0 N–H and O–H groups in total. The minimum absolute atomic E-state index is 0.0603. The molecular formula is C17H24O3. The monoisotopic (exact) mass is 276 g/mol. The molecule has 1 aliphatic rings. The second kappa shape index (κ2) is 6.89. The highest BCUT2D eigenvalue weighted by Gasteiger charge is 2.21. The minimum atomic E-state index is -0.404. The molecule has 2 rings (SSSR count). The van der Waals surface area contributed by atoms with Crippen LogP contribution in [-0.4, -0.2) is 12.1 Å². The Hall–Kier alpha value is -1.35. The Morgan fingerprint density at radius 2 is 1.70 bits per heavy atom. The summed E-state index contributed by atoms with van der Waals surface area (Å²) in [6.07, 6.45) is 4.29. The molecule has 1 saturated carbocycles. The summed E-state index contributed by atoms with van der Waals surface area (Å²) in [6.45, 7) is 6.50. The molecule has 0 unspecified atom stereocenters. The van der Waals surface area contributed by atoms with Crippen LogP contribution in [0.5, 0.6) is 0 Å². The third-order valence-corrected chi connectivity index (χ3v) is 4.04. The normalized spacial score (nSPS) is 22.8. The zero-order chi connectivity index (χ0) is 14.5. The van der Waals surface area contributed by atoms with Gasteiger partial charge in [0.25, 0.3) is 0 Å². The van der Waals surface area contributed by atoms with Crippen LogP contribution in [0.4, 0.5) is 0 Å². The van der Waals surface area contributed by atoms with Crippen molar-refractivity contribution < 1.29 is 14.6 Å². The van der Waals surface area contributed by atoms with Crippen LogP contribution in [0.1, 0.15) is 68.3 Å². The lowest BCUT2D eigenvalue weighted by Crippen LogP contribution is -2.22. The topological polar surface area (TPSA) is 35.5 Å². The van der Waals surface area contributed by atoms with Crippen molar-refractivity contribution in [3.63, 3.8) is 0 Å². The Kier molecular flexibility index (Phi) is 5.18. The molecule has 0 spiro atoms. The Labute approximate surface area is 121 Å². The zero-order valence-corrected chi connectivity index (χ0v) is 12.6. The molecule has 1 aliphatic carbocycles. The van der Waals surface area contributed by atoms with Gasteiger partial charge in [-0.25, -0.2) is 4.79 Å². The Morgan fingerprint density at radius 1 is 1.10 bits per heavy atom. The quantitative estimate of drug-likeness (QED) is 0.601. The van der Waals surface area contributed by atoms with E-state index in [1.54, 1.807) is 12.1 Å². The molecule has 3 nitrogen and oxygen atoms in total. The van der Waals surface area contributed by atoms with E-state index < -0.39 is 5.97 Å². The largest absolute Gasteiger partial charge is 0.373 e. The highest BCUT2D eigenvalue weighted by Crippen LogP contribution is 2.25. The summed E-state index contributed by atoms with van der Waals surface area (Å²) >= 11 is 0. The van der Waals surface area contributed by atoms with Crippen molar-refractivity contribution in [3.8, 4) is 0 Å². The first kappa shape index (κ1) is 15.0. The average Bonchev–Trinajstić information content (AvgIpc) is 2.46. The number of rotatable bonds is 4. The fourth-order valence-electron chi connectivity index (χ4n) is 2.49. The maximum Gasteiger partial charge on any atom is 0.373 e. The van der Waals surface area contributed by atoms with Gasteiger partial charge < -0.3 is 0 Å². The molecule has 0 bridgehead atoms. The van der Waals surface area contributed by atoms with E-state index in [-0.39, 0.29) is 6.10 Å². The highest BCUT2D eigenvalue weighted by atomic mass is 17.2. The smallest absolute Gasteiger partial charge is 0.293 e. The summed E-state index contributed by atoms with van der Waals surface area (Å²) in [6, 6.07) is 7.51.